The monoisotopic (exact) mass is 184 g/mol. The molecule has 0 bridgehead atoms. The molecular weight excluding hydrogens is 164 g/mol. The standard InChI is InChI=1S/C10H20N2O/c1-9(3-2-6-13-9)7-12-8-10(11)4-5-10/h12H,2-8,11H2,1H3. The first-order valence-electron chi connectivity index (χ1n) is 5.26. The fourth-order valence-corrected chi connectivity index (χ4v) is 1.89. The zero-order valence-corrected chi connectivity index (χ0v) is 8.44. The van der Waals surface area contributed by atoms with Crippen LogP contribution in [0.25, 0.3) is 0 Å². The molecule has 1 unspecified atom stereocenters. The highest BCUT2D eigenvalue weighted by Crippen LogP contribution is 2.31. The molecule has 0 amide bonds. The SMILES string of the molecule is CC1(CNCC2(N)CC2)CCCO1. The van der Waals surface area contributed by atoms with Crippen LogP contribution in [0.4, 0.5) is 0 Å². The van der Waals surface area contributed by atoms with Gasteiger partial charge in [0.15, 0.2) is 0 Å². The van der Waals surface area contributed by atoms with E-state index < -0.39 is 0 Å². The summed E-state index contributed by atoms with van der Waals surface area (Å²) in [6, 6.07) is 0. The van der Waals surface area contributed by atoms with E-state index in [2.05, 4.69) is 12.2 Å². The van der Waals surface area contributed by atoms with Crippen LogP contribution < -0.4 is 11.1 Å². The molecule has 2 fully saturated rings. The van der Waals surface area contributed by atoms with E-state index in [0.29, 0.717) is 0 Å². The van der Waals surface area contributed by atoms with Gasteiger partial charge in [-0.3, -0.25) is 0 Å². The minimum Gasteiger partial charge on any atom is -0.374 e. The van der Waals surface area contributed by atoms with Crippen LogP contribution in [0.2, 0.25) is 0 Å². The Kier molecular flexibility index (Phi) is 2.34. The molecule has 0 aromatic heterocycles. The maximum Gasteiger partial charge on any atom is 0.0779 e. The molecular formula is C10H20N2O. The largest absolute Gasteiger partial charge is 0.374 e. The van der Waals surface area contributed by atoms with Crippen molar-refractivity contribution in [1.82, 2.24) is 5.32 Å². The summed E-state index contributed by atoms with van der Waals surface area (Å²) in [5.74, 6) is 0. The van der Waals surface area contributed by atoms with Gasteiger partial charge in [0.05, 0.1) is 5.60 Å². The van der Waals surface area contributed by atoms with Crippen molar-refractivity contribution in [2.45, 2.75) is 43.7 Å². The van der Waals surface area contributed by atoms with Gasteiger partial charge in [-0.25, -0.2) is 0 Å². The zero-order valence-electron chi connectivity index (χ0n) is 8.44. The van der Waals surface area contributed by atoms with Gasteiger partial charge in [-0.1, -0.05) is 0 Å². The maximum atomic E-state index is 5.97. The topological polar surface area (TPSA) is 47.3 Å². The Morgan fingerprint density at radius 3 is 2.62 bits per heavy atom. The van der Waals surface area contributed by atoms with E-state index in [4.69, 9.17) is 10.5 Å². The Labute approximate surface area is 80.0 Å². The molecule has 1 saturated carbocycles. The summed E-state index contributed by atoms with van der Waals surface area (Å²) in [6.45, 7) is 5.01. The fourth-order valence-electron chi connectivity index (χ4n) is 1.89. The van der Waals surface area contributed by atoms with Gasteiger partial charge in [-0.15, -0.1) is 0 Å². The molecule has 1 aliphatic carbocycles. The predicted octanol–water partition coefficient (Wildman–Crippen LogP) is 0.636. The minimum absolute atomic E-state index is 0.0747. The summed E-state index contributed by atoms with van der Waals surface area (Å²) in [5, 5.41) is 3.42. The Hall–Kier alpha value is -0.120. The van der Waals surface area contributed by atoms with E-state index in [0.717, 1.165) is 19.7 Å². The molecule has 1 aliphatic heterocycles. The number of rotatable bonds is 4. The van der Waals surface area contributed by atoms with E-state index in [1.54, 1.807) is 0 Å². The van der Waals surface area contributed by atoms with Gasteiger partial charge in [0.25, 0.3) is 0 Å². The van der Waals surface area contributed by atoms with Crippen molar-refractivity contribution in [1.29, 1.82) is 0 Å². The lowest BCUT2D eigenvalue weighted by atomic mass is 10.0. The number of nitrogens with one attached hydrogen (secondary N) is 1. The third kappa shape index (κ3) is 2.42. The Morgan fingerprint density at radius 1 is 1.31 bits per heavy atom. The third-order valence-electron chi connectivity index (χ3n) is 3.17. The summed E-state index contributed by atoms with van der Waals surface area (Å²) >= 11 is 0. The van der Waals surface area contributed by atoms with Crippen LogP contribution in [0.1, 0.15) is 32.6 Å². The fraction of sp³-hybridized carbons (Fsp3) is 1.00. The first-order valence-corrected chi connectivity index (χ1v) is 5.26. The van der Waals surface area contributed by atoms with E-state index >= 15 is 0 Å². The summed E-state index contributed by atoms with van der Waals surface area (Å²) in [7, 11) is 0. The summed E-state index contributed by atoms with van der Waals surface area (Å²) in [4.78, 5) is 0. The Morgan fingerprint density at radius 2 is 2.08 bits per heavy atom. The molecule has 0 aromatic carbocycles. The van der Waals surface area contributed by atoms with E-state index in [9.17, 15) is 0 Å². The third-order valence-corrected chi connectivity index (χ3v) is 3.17. The normalized spacial score (nSPS) is 36.5. The molecule has 2 aliphatic rings. The van der Waals surface area contributed by atoms with Crippen molar-refractivity contribution in [3.8, 4) is 0 Å². The number of ether oxygens (including phenoxy) is 1. The average molecular weight is 184 g/mol. The van der Waals surface area contributed by atoms with Gasteiger partial charge in [-0.2, -0.15) is 0 Å². The molecule has 1 heterocycles. The van der Waals surface area contributed by atoms with Gasteiger partial charge in [0, 0.05) is 25.2 Å². The van der Waals surface area contributed by atoms with Gasteiger partial charge in [-0.05, 0) is 32.6 Å². The van der Waals surface area contributed by atoms with Crippen LogP contribution in [0.3, 0.4) is 0 Å². The first-order chi connectivity index (χ1) is 6.12. The second-order valence-corrected chi connectivity index (χ2v) is 4.87. The van der Waals surface area contributed by atoms with Crippen LogP contribution in [-0.2, 0) is 4.74 Å². The molecule has 1 saturated heterocycles. The van der Waals surface area contributed by atoms with Crippen molar-refractivity contribution in [3.63, 3.8) is 0 Å². The Balaban J connectivity index is 1.66. The second kappa shape index (κ2) is 3.23. The van der Waals surface area contributed by atoms with Crippen molar-refractivity contribution >= 4 is 0 Å². The summed E-state index contributed by atoms with van der Waals surface area (Å²) in [5.41, 5.74) is 6.17. The molecule has 0 aromatic rings. The quantitative estimate of drug-likeness (QED) is 0.674. The number of hydrogen-bond acceptors (Lipinski definition) is 3. The molecule has 1 atom stereocenters. The minimum atomic E-state index is 0.0747. The second-order valence-electron chi connectivity index (χ2n) is 4.87. The summed E-state index contributed by atoms with van der Waals surface area (Å²) < 4.78 is 5.67. The Bertz CT molecular complexity index is 183. The predicted molar refractivity (Wildman–Crippen MR) is 52.6 cm³/mol. The maximum absolute atomic E-state index is 5.97. The lowest BCUT2D eigenvalue weighted by Crippen LogP contribution is -2.43. The molecule has 3 nitrogen and oxygen atoms in total. The molecule has 3 heteroatoms. The van der Waals surface area contributed by atoms with Crippen LogP contribution in [0.5, 0.6) is 0 Å². The highest BCUT2D eigenvalue weighted by molar-refractivity contribution is 5.01. The van der Waals surface area contributed by atoms with Gasteiger partial charge < -0.3 is 15.8 Å². The van der Waals surface area contributed by atoms with Crippen LogP contribution in [-0.4, -0.2) is 30.8 Å². The molecule has 2 rings (SSSR count). The highest BCUT2D eigenvalue weighted by Gasteiger charge is 2.38. The van der Waals surface area contributed by atoms with E-state index in [-0.39, 0.29) is 11.1 Å². The lowest BCUT2D eigenvalue weighted by Gasteiger charge is -2.24. The highest BCUT2D eigenvalue weighted by atomic mass is 16.5. The lowest BCUT2D eigenvalue weighted by molar-refractivity contribution is 0.0207. The van der Waals surface area contributed by atoms with Crippen LogP contribution in [0.15, 0.2) is 0 Å². The zero-order chi connectivity index (χ0) is 9.36. The van der Waals surface area contributed by atoms with Gasteiger partial charge in [0.2, 0.25) is 0 Å². The van der Waals surface area contributed by atoms with Gasteiger partial charge in [0.1, 0.15) is 0 Å². The average Bonchev–Trinajstić information content (AvgIpc) is 2.62. The van der Waals surface area contributed by atoms with Crippen LogP contribution in [0, 0.1) is 0 Å². The van der Waals surface area contributed by atoms with Crippen molar-refractivity contribution < 1.29 is 4.74 Å². The van der Waals surface area contributed by atoms with Crippen molar-refractivity contribution in [2.24, 2.45) is 5.73 Å². The van der Waals surface area contributed by atoms with E-state index in [1.165, 1.54) is 25.7 Å². The molecule has 3 N–H and O–H groups in total. The van der Waals surface area contributed by atoms with E-state index in [1.807, 2.05) is 0 Å². The summed E-state index contributed by atoms with van der Waals surface area (Å²) in [6.07, 6.45) is 4.73. The smallest absolute Gasteiger partial charge is 0.0779 e. The van der Waals surface area contributed by atoms with Crippen LogP contribution >= 0.6 is 0 Å². The van der Waals surface area contributed by atoms with Crippen molar-refractivity contribution in [3.05, 3.63) is 0 Å². The van der Waals surface area contributed by atoms with Gasteiger partial charge >= 0.3 is 0 Å². The molecule has 76 valence electrons. The number of hydrogen-bond donors (Lipinski definition) is 2. The number of nitrogens with two attached hydrogens (primary N) is 1. The molecule has 0 radical (unpaired) electrons. The first kappa shape index (κ1) is 9.44. The molecule has 0 spiro atoms. The van der Waals surface area contributed by atoms with Crippen molar-refractivity contribution in [2.75, 3.05) is 19.7 Å². The molecule has 13 heavy (non-hydrogen) atoms.